The molecule has 3 rings (SSSR count). The van der Waals surface area contributed by atoms with Crippen LogP contribution in [0.5, 0.6) is 17.4 Å². The Bertz CT molecular complexity index is 980. The first-order valence-electron chi connectivity index (χ1n) is 7.51. The lowest BCUT2D eigenvalue weighted by molar-refractivity contribution is -0.385. The number of rotatable bonds is 6. The predicted octanol–water partition coefficient (Wildman–Crippen LogP) is 5.24. The van der Waals surface area contributed by atoms with E-state index in [1.54, 1.807) is 42.5 Å². The molecule has 8 nitrogen and oxygen atoms in total. The number of methoxy groups -OCH3 is 1. The summed E-state index contributed by atoms with van der Waals surface area (Å²) in [7, 11) is 1.46. The SMILES string of the molecule is COc1ccccc1Oc1ncnc(Nc2cc(Cl)cc(Cl)c2)c1[N+](=O)[O-]. The molecule has 0 amide bonds. The Morgan fingerprint density at radius 3 is 2.37 bits per heavy atom. The molecular formula is C17H12Cl2N4O4. The van der Waals surface area contributed by atoms with Crippen molar-refractivity contribution in [3.63, 3.8) is 0 Å². The normalized spacial score (nSPS) is 10.3. The van der Waals surface area contributed by atoms with Crippen molar-refractivity contribution in [3.05, 3.63) is 69.0 Å². The molecule has 138 valence electrons. The Balaban J connectivity index is 2.01. The maximum absolute atomic E-state index is 11.6. The number of hydrogen-bond donors (Lipinski definition) is 1. The number of para-hydroxylation sites is 2. The highest BCUT2D eigenvalue weighted by atomic mass is 35.5. The summed E-state index contributed by atoms with van der Waals surface area (Å²) in [6.07, 6.45) is 1.15. The molecule has 0 aliphatic carbocycles. The number of nitrogens with one attached hydrogen (secondary N) is 1. The quantitative estimate of drug-likeness (QED) is 0.441. The minimum Gasteiger partial charge on any atom is -0.493 e. The molecule has 1 N–H and O–H groups in total. The number of nitro groups is 1. The number of aromatic nitrogens is 2. The van der Waals surface area contributed by atoms with Crippen LogP contribution in [0.3, 0.4) is 0 Å². The van der Waals surface area contributed by atoms with E-state index in [1.807, 2.05) is 0 Å². The molecule has 0 fully saturated rings. The molecule has 2 aromatic carbocycles. The summed E-state index contributed by atoms with van der Waals surface area (Å²) in [6.45, 7) is 0. The lowest BCUT2D eigenvalue weighted by atomic mass is 10.3. The lowest BCUT2D eigenvalue weighted by Crippen LogP contribution is -2.04. The molecule has 0 saturated carbocycles. The molecule has 0 unspecified atom stereocenters. The van der Waals surface area contributed by atoms with Gasteiger partial charge in [-0.25, -0.2) is 4.98 Å². The van der Waals surface area contributed by atoms with E-state index < -0.39 is 10.6 Å². The number of nitrogens with zero attached hydrogens (tertiary/aromatic N) is 3. The summed E-state index contributed by atoms with van der Waals surface area (Å²) in [5, 5.41) is 15.2. The second-order valence-corrected chi connectivity index (χ2v) is 6.04. The van der Waals surface area contributed by atoms with Gasteiger partial charge in [0.2, 0.25) is 5.82 Å². The molecule has 0 saturated heterocycles. The van der Waals surface area contributed by atoms with E-state index in [0.717, 1.165) is 6.33 Å². The zero-order valence-corrected chi connectivity index (χ0v) is 15.4. The third-order valence-corrected chi connectivity index (χ3v) is 3.81. The second kappa shape index (κ2) is 8.07. The molecule has 0 atom stereocenters. The van der Waals surface area contributed by atoms with Crippen molar-refractivity contribution in [2.45, 2.75) is 0 Å². The summed E-state index contributed by atoms with van der Waals surface area (Å²) in [5.74, 6) is 0.369. The molecule has 0 spiro atoms. The van der Waals surface area contributed by atoms with E-state index in [0.29, 0.717) is 21.5 Å². The summed E-state index contributed by atoms with van der Waals surface area (Å²) in [4.78, 5) is 18.8. The monoisotopic (exact) mass is 406 g/mol. The van der Waals surface area contributed by atoms with Crippen molar-refractivity contribution in [1.29, 1.82) is 0 Å². The standard InChI is InChI=1S/C17H12Cl2N4O4/c1-26-13-4-2-3-5-14(13)27-17-15(23(24)25)16(20-9-21-17)22-12-7-10(18)6-11(19)8-12/h2-9H,1H3,(H,20,21,22). The Morgan fingerprint density at radius 1 is 1.07 bits per heavy atom. The largest absolute Gasteiger partial charge is 0.493 e. The molecule has 0 radical (unpaired) electrons. The van der Waals surface area contributed by atoms with Crippen LogP contribution in [-0.2, 0) is 0 Å². The highest BCUT2D eigenvalue weighted by Crippen LogP contribution is 2.38. The van der Waals surface area contributed by atoms with Gasteiger partial charge in [-0.1, -0.05) is 35.3 Å². The van der Waals surface area contributed by atoms with Gasteiger partial charge in [0, 0.05) is 15.7 Å². The second-order valence-electron chi connectivity index (χ2n) is 5.17. The van der Waals surface area contributed by atoms with E-state index in [2.05, 4.69) is 15.3 Å². The van der Waals surface area contributed by atoms with Gasteiger partial charge in [-0.05, 0) is 30.3 Å². The van der Waals surface area contributed by atoms with Gasteiger partial charge in [0.05, 0.1) is 12.0 Å². The van der Waals surface area contributed by atoms with Gasteiger partial charge in [-0.15, -0.1) is 0 Å². The maximum atomic E-state index is 11.6. The van der Waals surface area contributed by atoms with Crippen molar-refractivity contribution in [3.8, 4) is 17.4 Å². The third-order valence-electron chi connectivity index (χ3n) is 3.37. The highest BCUT2D eigenvalue weighted by Gasteiger charge is 2.26. The van der Waals surface area contributed by atoms with Gasteiger partial charge in [0.25, 0.3) is 0 Å². The van der Waals surface area contributed by atoms with Crippen LogP contribution >= 0.6 is 23.2 Å². The highest BCUT2D eigenvalue weighted by molar-refractivity contribution is 6.35. The average molecular weight is 407 g/mol. The fraction of sp³-hybridized carbons (Fsp3) is 0.0588. The zero-order chi connectivity index (χ0) is 19.4. The third kappa shape index (κ3) is 4.36. The smallest absolute Gasteiger partial charge is 0.373 e. The van der Waals surface area contributed by atoms with Crippen LogP contribution in [0.15, 0.2) is 48.8 Å². The zero-order valence-electron chi connectivity index (χ0n) is 13.8. The fourth-order valence-corrected chi connectivity index (χ4v) is 2.79. The van der Waals surface area contributed by atoms with Gasteiger partial charge in [-0.2, -0.15) is 4.98 Å². The molecule has 0 aliphatic heterocycles. The summed E-state index contributed by atoms with van der Waals surface area (Å²) >= 11 is 11.9. The minimum atomic E-state index is -0.640. The Morgan fingerprint density at radius 2 is 1.74 bits per heavy atom. The molecule has 3 aromatic rings. The van der Waals surface area contributed by atoms with E-state index in [1.165, 1.54) is 7.11 Å². The van der Waals surface area contributed by atoms with Crippen LogP contribution in [0.4, 0.5) is 17.2 Å². The predicted molar refractivity (Wildman–Crippen MR) is 101 cm³/mol. The van der Waals surface area contributed by atoms with Crippen molar-refractivity contribution < 1.29 is 14.4 Å². The average Bonchev–Trinajstić information content (AvgIpc) is 2.61. The van der Waals surface area contributed by atoms with Crippen LogP contribution < -0.4 is 14.8 Å². The maximum Gasteiger partial charge on any atom is 0.373 e. The van der Waals surface area contributed by atoms with Crippen LogP contribution in [-0.4, -0.2) is 22.0 Å². The minimum absolute atomic E-state index is 0.0711. The lowest BCUT2D eigenvalue weighted by Gasteiger charge is -2.11. The summed E-state index contributed by atoms with van der Waals surface area (Å²) in [6, 6.07) is 11.4. The first kappa shape index (κ1) is 18.7. The number of ether oxygens (including phenoxy) is 2. The van der Waals surface area contributed by atoms with Crippen molar-refractivity contribution in [2.75, 3.05) is 12.4 Å². The summed E-state index contributed by atoms with van der Waals surface area (Å²) in [5.41, 5.74) is -0.0166. The number of anilines is 2. The first-order chi connectivity index (χ1) is 13.0. The van der Waals surface area contributed by atoms with Crippen LogP contribution in [0.2, 0.25) is 10.0 Å². The summed E-state index contributed by atoms with van der Waals surface area (Å²) < 4.78 is 10.8. The van der Waals surface area contributed by atoms with Gasteiger partial charge < -0.3 is 14.8 Å². The first-order valence-corrected chi connectivity index (χ1v) is 8.27. The van der Waals surface area contributed by atoms with Crippen LogP contribution in [0.1, 0.15) is 0 Å². The Kier molecular flexibility index (Phi) is 5.58. The van der Waals surface area contributed by atoms with Crippen molar-refractivity contribution in [2.24, 2.45) is 0 Å². The topological polar surface area (TPSA) is 99.4 Å². The van der Waals surface area contributed by atoms with E-state index in [4.69, 9.17) is 32.7 Å². The van der Waals surface area contributed by atoms with Crippen molar-refractivity contribution in [1.82, 2.24) is 9.97 Å². The Hall–Kier alpha value is -3.10. The van der Waals surface area contributed by atoms with Gasteiger partial charge in [-0.3, -0.25) is 10.1 Å². The van der Waals surface area contributed by atoms with Crippen LogP contribution in [0.25, 0.3) is 0 Å². The Labute approximate surface area is 163 Å². The number of benzene rings is 2. The molecule has 0 aliphatic rings. The molecule has 27 heavy (non-hydrogen) atoms. The number of hydrogen-bond acceptors (Lipinski definition) is 7. The van der Waals surface area contributed by atoms with E-state index >= 15 is 0 Å². The van der Waals surface area contributed by atoms with E-state index in [-0.39, 0.29) is 17.4 Å². The fourth-order valence-electron chi connectivity index (χ4n) is 2.26. The van der Waals surface area contributed by atoms with Gasteiger partial charge in [0.15, 0.2) is 11.5 Å². The van der Waals surface area contributed by atoms with Gasteiger partial charge >= 0.3 is 11.6 Å². The molecule has 10 heteroatoms. The molecule has 0 bridgehead atoms. The molecule has 1 heterocycles. The van der Waals surface area contributed by atoms with Crippen molar-refractivity contribution >= 4 is 40.4 Å². The molecular weight excluding hydrogens is 395 g/mol. The molecule has 1 aromatic heterocycles. The van der Waals surface area contributed by atoms with E-state index in [9.17, 15) is 10.1 Å². The van der Waals surface area contributed by atoms with Gasteiger partial charge in [0.1, 0.15) is 6.33 Å². The van der Waals surface area contributed by atoms with Crippen LogP contribution in [0, 0.1) is 10.1 Å². The number of halogens is 2.